The van der Waals surface area contributed by atoms with Gasteiger partial charge in [-0.15, -0.1) is 11.3 Å². The van der Waals surface area contributed by atoms with Gasteiger partial charge in [-0.05, 0) is 41.9 Å². The fraction of sp³-hybridized carbons (Fsp3) is 0.286. The number of nitrogens with zero attached hydrogens (tertiary/aromatic N) is 2. The molecule has 0 fully saturated rings. The molecule has 21 heavy (non-hydrogen) atoms. The van der Waals surface area contributed by atoms with Crippen LogP contribution in [-0.2, 0) is 4.74 Å². The van der Waals surface area contributed by atoms with Gasteiger partial charge in [-0.1, -0.05) is 0 Å². The molecule has 0 atom stereocenters. The molecule has 0 aliphatic heterocycles. The van der Waals surface area contributed by atoms with E-state index in [-0.39, 0.29) is 5.97 Å². The third kappa shape index (κ3) is 2.51. The molecule has 3 aromatic heterocycles. The molecule has 110 valence electrons. The third-order valence-electron chi connectivity index (χ3n) is 2.93. The molecule has 0 saturated heterocycles. The predicted molar refractivity (Wildman–Crippen MR) is 85.4 cm³/mol. The second-order valence-electron chi connectivity index (χ2n) is 4.30. The maximum atomic E-state index is 11.8. The van der Waals surface area contributed by atoms with Crippen molar-refractivity contribution in [2.45, 2.75) is 13.8 Å². The minimum absolute atomic E-state index is 0.305. The van der Waals surface area contributed by atoms with Crippen molar-refractivity contribution in [3.63, 3.8) is 0 Å². The Bertz CT molecular complexity index is 824. The van der Waals surface area contributed by atoms with Crippen LogP contribution < -0.4 is 4.74 Å². The summed E-state index contributed by atoms with van der Waals surface area (Å²) in [5.74, 6) is 0.443. The maximum absolute atomic E-state index is 11.8. The van der Waals surface area contributed by atoms with E-state index >= 15 is 0 Å². The summed E-state index contributed by atoms with van der Waals surface area (Å²) in [6.07, 6.45) is 1.83. The van der Waals surface area contributed by atoms with Crippen LogP contribution >= 0.6 is 27.3 Å². The fourth-order valence-electron chi connectivity index (χ4n) is 2.13. The van der Waals surface area contributed by atoms with Crippen molar-refractivity contribution < 1.29 is 14.3 Å². The molecule has 0 amide bonds. The Hall–Kier alpha value is -1.60. The van der Waals surface area contributed by atoms with E-state index in [0.29, 0.717) is 18.1 Å². The van der Waals surface area contributed by atoms with Crippen LogP contribution in [0, 0.1) is 0 Å². The zero-order valence-corrected chi connectivity index (χ0v) is 14.0. The lowest BCUT2D eigenvalue weighted by Gasteiger charge is -2.05. The van der Waals surface area contributed by atoms with E-state index in [1.807, 2.05) is 25.3 Å². The molecule has 3 rings (SSSR count). The SMILES string of the molecule is CCOC(=O)c1cc2c(nn3cc(OCC)cc(Br)c23)s1. The molecule has 3 aromatic rings. The number of aromatic nitrogens is 2. The van der Waals surface area contributed by atoms with E-state index in [1.54, 1.807) is 11.4 Å². The van der Waals surface area contributed by atoms with Gasteiger partial charge in [-0.25, -0.2) is 9.31 Å². The van der Waals surface area contributed by atoms with Gasteiger partial charge in [0.25, 0.3) is 0 Å². The van der Waals surface area contributed by atoms with E-state index in [0.717, 1.165) is 26.0 Å². The number of hydrogen-bond donors (Lipinski definition) is 0. The van der Waals surface area contributed by atoms with Gasteiger partial charge in [0.2, 0.25) is 0 Å². The van der Waals surface area contributed by atoms with E-state index in [1.165, 1.54) is 11.3 Å². The first-order chi connectivity index (χ1) is 10.1. The number of fused-ring (bicyclic) bond motifs is 3. The van der Waals surface area contributed by atoms with E-state index in [2.05, 4.69) is 21.0 Å². The topological polar surface area (TPSA) is 52.8 Å². The molecule has 7 heteroatoms. The van der Waals surface area contributed by atoms with Crippen molar-refractivity contribution in [3.05, 3.63) is 27.7 Å². The molecular weight excluding hydrogens is 356 g/mol. The smallest absolute Gasteiger partial charge is 0.348 e. The Morgan fingerprint density at radius 3 is 2.90 bits per heavy atom. The Labute approximate surface area is 133 Å². The molecule has 0 N–H and O–H groups in total. The molecule has 0 spiro atoms. The van der Waals surface area contributed by atoms with Gasteiger partial charge in [-0.2, -0.15) is 5.10 Å². The number of rotatable bonds is 4. The molecule has 5 nitrogen and oxygen atoms in total. The first-order valence-corrected chi connectivity index (χ1v) is 8.16. The standard InChI is InChI=1S/C14H13BrN2O3S/c1-3-19-8-5-10(15)12-9-6-11(14(18)20-4-2)21-13(9)16-17(12)7-8/h5-7H,3-4H2,1-2H3. The minimum atomic E-state index is -0.305. The molecule has 0 aliphatic rings. The van der Waals surface area contributed by atoms with E-state index in [9.17, 15) is 4.79 Å². The second-order valence-corrected chi connectivity index (χ2v) is 6.18. The van der Waals surface area contributed by atoms with Crippen molar-refractivity contribution >= 4 is 49.0 Å². The summed E-state index contributed by atoms with van der Waals surface area (Å²) >= 11 is 4.87. The first-order valence-electron chi connectivity index (χ1n) is 6.55. The number of carbonyl (C=O) groups excluding carboxylic acids is 1. The zero-order chi connectivity index (χ0) is 15.0. The summed E-state index contributed by atoms with van der Waals surface area (Å²) < 4.78 is 13.2. The molecule has 0 aromatic carbocycles. The lowest BCUT2D eigenvalue weighted by Crippen LogP contribution is -2.01. The average Bonchev–Trinajstić information content (AvgIpc) is 2.96. The van der Waals surface area contributed by atoms with Gasteiger partial charge >= 0.3 is 5.97 Å². The van der Waals surface area contributed by atoms with Crippen molar-refractivity contribution in [2.24, 2.45) is 0 Å². The number of esters is 1. The average molecular weight is 369 g/mol. The highest BCUT2D eigenvalue weighted by Crippen LogP contribution is 2.34. The molecule has 0 unspecified atom stereocenters. The number of ether oxygens (including phenoxy) is 2. The lowest BCUT2D eigenvalue weighted by atomic mass is 10.3. The van der Waals surface area contributed by atoms with Crippen LogP contribution in [0.25, 0.3) is 15.7 Å². The molecule has 0 saturated carbocycles. The zero-order valence-electron chi connectivity index (χ0n) is 11.6. The molecule has 3 heterocycles. The van der Waals surface area contributed by atoms with Crippen molar-refractivity contribution in [2.75, 3.05) is 13.2 Å². The number of thiophene rings is 1. The fourth-order valence-corrected chi connectivity index (χ4v) is 3.67. The van der Waals surface area contributed by atoms with Crippen molar-refractivity contribution in [1.82, 2.24) is 9.61 Å². The van der Waals surface area contributed by atoms with E-state index < -0.39 is 0 Å². The molecule has 0 bridgehead atoms. The van der Waals surface area contributed by atoms with Gasteiger partial charge in [0.1, 0.15) is 15.5 Å². The maximum Gasteiger partial charge on any atom is 0.348 e. The Kier molecular flexibility index (Phi) is 3.86. The molecule has 0 radical (unpaired) electrons. The monoisotopic (exact) mass is 368 g/mol. The third-order valence-corrected chi connectivity index (χ3v) is 4.53. The predicted octanol–water partition coefficient (Wildman–Crippen LogP) is 3.89. The molecule has 0 aliphatic carbocycles. The summed E-state index contributed by atoms with van der Waals surface area (Å²) in [7, 11) is 0. The van der Waals surface area contributed by atoms with Crippen LogP contribution in [-0.4, -0.2) is 28.8 Å². The summed E-state index contributed by atoms with van der Waals surface area (Å²) in [5, 5.41) is 5.43. The van der Waals surface area contributed by atoms with Crippen LogP contribution in [0.1, 0.15) is 23.5 Å². The highest BCUT2D eigenvalue weighted by Gasteiger charge is 2.17. The lowest BCUT2D eigenvalue weighted by molar-refractivity contribution is 0.0532. The summed E-state index contributed by atoms with van der Waals surface area (Å²) in [6, 6.07) is 3.73. The normalized spacial score (nSPS) is 11.2. The summed E-state index contributed by atoms with van der Waals surface area (Å²) in [4.78, 5) is 13.2. The Balaban J connectivity index is 2.13. The number of carbonyl (C=O) groups is 1. The van der Waals surface area contributed by atoms with Gasteiger partial charge in [0, 0.05) is 9.86 Å². The number of halogens is 1. The number of hydrogen-bond acceptors (Lipinski definition) is 5. The van der Waals surface area contributed by atoms with Gasteiger partial charge in [-0.3, -0.25) is 0 Å². The van der Waals surface area contributed by atoms with Crippen LogP contribution in [0.2, 0.25) is 0 Å². The van der Waals surface area contributed by atoms with Crippen LogP contribution in [0.3, 0.4) is 0 Å². The molecular formula is C14H13BrN2O3S. The number of pyridine rings is 1. The van der Waals surface area contributed by atoms with Crippen LogP contribution in [0.5, 0.6) is 5.75 Å². The van der Waals surface area contributed by atoms with E-state index in [4.69, 9.17) is 9.47 Å². The van der Waals surface area contributed by atoms with Gasteiger partial charge < -0.3 is 9.47 Å². The van der Waals surface area contributed by atoms with Crippen LogP contribution in [0.4, 0.5) is 0 Å². The van der Waals surface area contributed by atoms with Gasteiger partial charge in [0.15, 0.2) is 0 Å². The highest BCUT2D eigenvalue weighted by molar-refractivity contribution is 9.10. The largest absolute Gasteiger partial charge is 0.492 e. The summed E-state index contributed by atoms with van der Waals surface area (Å²) in [6.45, 7) is 4.69. The van der Waals surface area contributed by atoms with Crippen LogP contribution in [0.15, 0.2) is 22.8 Å². The Morgan fingerprint density at radius 1 is 1.38 bits per heavy atom. The highest BCUT2D eigenvalue weighted by atomic mass is 79.9. The van der Waals surface area contributed by atoms with Crippen molar-refractivity contribution in [3.8, 4) is 5.75 Å². The minimum Gasteiger partial charge on any atom is -0.492 e. The first kappa shape index (κ1) is 14.3. The quantitative estimate of drug-likeness (QED) is 0.655. The van der Waals surface area contributed by atoms with Crippen molar-refractivity contribution in [1.29, 1.82) is 0 Å². The Morgan fingerprint density at radius 2 is 2.19 bits per heavy atom. The summed E-state index contributed by atoms with van der Waals surface area (Å²) in [5.41, 5.74) is 0.917. The second kappa shape index (κ2) is 5.65. The van der Waals surface area contributed by atoms with Gasteiger partial charge in [0.05, 0.1) is 24.9 Å².